The Bertz CT molecular complexity index is 570. The Balaban J connectivity index is 2.27. The molecule has 18 heavy (non-hydrogen) atoms. The summed E-state index contributed by atoms with van der Waals surface area (Å²) in [4.78, 5) is 23.5. The van der Waals surface area contributed by atoms with Gasteiger partial charge in [0.15, 0.2) is 5.78 Å². The lowest BCUT2D eigenvalue weighted by molar-refractivity contribution is -0.116. The highest BCUT2D eigenvalue weighted by molar-refractivity contribution is 6.03. The fraction of sp³-hybridized carbons (Fsp3) is 0.467. The minimum atomic E-state index is 0.151. The van der Waals surface area contributed by atoms with Crippen molar-refractivity contribution in [1.29, 1.82) is 0 Å². The first-order valence-electron chi connectivity index (χ1n) is 6.36. The van der Waals surface area contributed by atoms with Crippen LogP contribution < -0.4 is 0 Å². The van der Waals surface area contributed by atoms with E-state index in [1.54, 1.807) is 6.92 Å². The maximum atomic E-state index is 12.0. The largest absolute Gasteiger partial charge is 0.372 e. The Labute approximate surface area is 106 Å². The summed E-state index contributed by atoms with van der Waals surface area (Å²) in [6.07, 6.45) is 1.80. The van der Waals surface area contributed by atoms with Crippen molar-refractivity contribution < 1.29 is 14.3 Å². The van der Waals surface area contributed by atoms with Gasteiger partial charge in [-0.15, -0.1) is 0 Å². The lowest BCUT2D eigenvalue weighted by Gasteiger charge is -2.15. The third kappa shape index (κ3) is 1.54. The molecule has 1 aliphatic carbocycles. The lowest BCUT2D eigenvalue weighted by Crippen LogP contribution is -2.09. The third-order valence-corrected chi connectivity index (χ3v) is 4.04. The summed E-state index contributed by atoms with van der Waals surface area (Å²) >= 11 is 0. The number of hydrogen-bond donors (Lipinski definition) is 0. The summed E-state index contributed by atoms with van der Waals surface area (Å²) in [5.41, 5.74) is 6.43. The van der Waals surface area contributed by atoms with Gasteiger partial charge in [-0.25, -0.2) is 0 Å². The number of Topliss-reactive ketones (excluding diaryl/α,β-unsaturated/α-hetero) is 2. The molecule has 1 heterocycles. The summed E-state index contributed by atoms with van der Waals surface area (Å²) in [6.45, 7) is 4.78. The molecule has 3 rings (SSSR count). The van der Waals surface area contributed by atoms with E-state index in [9.17, 15) is 9.59 Å². The van der Waals surface area contributed by atoms with Gasteiger partial charge in [-0.3, -0.25) is 9.59 Å². The van der Waals surface area contributed by atoms with Crippen LogP contribution in [-0.2, 0) is 35.6 Å². The first-order valence-corrected chi connectivity index (χ1v) is 6.36. The van der Waals surface area contributed by atoms with Gasteiger partial charge in [0.25, 0.3) is 0 Å². The Morgan fingerprint density at radius 2 is 1.89 bits per heavy atom. The molecule has 0 atom stereocenters. The molecule has 0 aromatic heterocycles. The smallest absolute Gasteiger partial charge is 0.163 e. The summed E-state index contributed by atoms with van der Waals surface area (Å²) in [6, 6.07) is 0. The molecule has 0 N–H and O–H groups in total. The van der Waals surface area contributed by atoms with Crippen molar-refractivity contribution in [2.24, 2.45) is 0 Å². The van der Waals surface area contributed by atoms with Crippen molar-refractivity contribution in [3.8, 4) is 0 Å². The van der Waals surface area contributed by atoms with Gasteiger partial charge in [0.05, 0.1) is 13.2 Å². The quantitative estimate of drug-likeness (QED) is 0.801. The van der Waals surface area contributed by atoms with Crippen LogP contribution in [0.5, 0.6) is 0 Å². The minimum Gasteiger partial charge on any atom is -0.372 e. The first-order chi connectivity index (χ1) is 8.59. The van der Waals surface area contributed by atoms with E-state index >= 15 is 0 Å². The van der Waals surface area contributed by atoms with E-state index in [0.29, 0.717) is 26.1 Å². The Hall–Kier alpha value is -1.48. The maximum absolute atomic E-state index is 12.0. The van der Waals surface area contributed by atoms with Crippen LogP contribution in [0.15, 0.2) is 0 Å². The standard InChI is InChI=1S/C15H16O3/c1-8(16)5-11-9(2)12-6-18-7-13(12)15-10(11)3-4-14(15)17/h3-7H2,1-2H3. The fourth-order valence-electron chi connectivity index (χ4n) is 3.19. The molecular formula is C15H16O3. The average molecular weight is 244 g/mol. The van der Waals surface area contributed by atoms with E-state index in [4.69, 9.17) is 4.74 Å². The second kappa shape index (κ2) is 4.02. The van der Waals surface area contributed by atoms with Gasteiger partial charge in [0.1, 0.15) is 5.78 Å². The van der Waals surface area contributed by atoms with Crippen LogP contribution in [0.25, 0.3) is 0 Å². The topological polar surface area (TPSA) is 43.4 Å². The van der Waals surface area contributed by atoms with Gasteiger partial charge in [-0.1, -0.05) is 0 Å². The van der Waals surface area contributed by atoms with Crippen LogP contribution in [0.3, 0.4) is 0 Å². The second-order valence-electron chi connectivity index (χ2n) is 5.21. The SMILES string of the molecule is CC(=O)Cc1c(C)c2c(c3c1CCC3=O)COC2. The molecule has 1 aliphatic heterocycles. The molecule has 0 spiro atoms. The number of rotatable bonds is 2. The molecule has 3 nitrogen and oxygen atoms in total. The predicted octanol–water partition coefficient (Wildman–Crippen LogP) is 2.29. The van der Waals surface area contributed by atoms with Gasteiger partial charge in [-0.05, 0) is 48.1 Å². The van der Waals surface area contributed by atoms with Gasteiger partial charge in [0, 0.05) is 18.4 Å². The van der Waals surface area contributed by atoms with E-state index < -0.39 is 0 Å². The molecule has 0 saturated heterocycles. The van der Waals surface area contributed by atoms with Crippen molar-refractivity contribution in [1.82, 2.24) is 0 Å². The van der Waals surface area contributed by atoms with E-state index in [1.165, 1.54) is 0 Å². The molecule has 3 heteroatoms. The van der Waals surface area contributed by atoms with E-state index in [1.807, 2.05) is 0 Å². The molecule has 94 valence electrons. The molecule has 0 radical (unpaired) electrons. The molecule has 0 unspecified atom stereocenters. The molecular weight excluding hydrogens is 228 g/mol. The molecule has 1 aromatic carbocycles. The van der Waals surface area contributed by atoms with Crippen molar-refractivity contribution in [2.45, 2.75) is 46.3 Å². The zero-order valence-electron chi connectivity index (χ0n) is 10.8. The van der Waals surface area contributed by atoms with Crippen LogP contribution in [0, 0.1) is 6.92 Å². The van der Waals surface area contributed by atoms with E-state index in [-0.39, 0.29) is 11.6 Å². The number of hydrogen-bond acceptors (Lipinski definition) is 3. The van der Waals surface area contributed by atoms with Crippen LogP contribution in [0.2, 0.25) is 0 Å². The zero-order chi connectivity index (χ0) is 12.9. The number of ketones is 2. The predicted molar refractivity (Wildman–Crippen MR) is 66.7 cm³/mol. The third-order valence-electron chi connectivity index (χ3n) is 4.04. The Morgan fingerprint density at radius 3 is 2.61 bits per heavy atom. The van der Waals surface area contributed by atoms with Crippen molar-refractivity contribution in [2.75, 3.05) is 0 Å². The van der Waals surface area contributed by atoms with E-state index in [2.05, 4.69) is 6.92 Å². The summed E-state index contributed by atoms with van der Waals surface area (Å²) in [5, 5.41) is 0. The van der Waals surface area contributed by atoms with Crippen LogP contribution in [0.4, 0.5) is 0 Å². The highest BCUT2D eigenvalue weighted by Crippen LogP contribution is 2.37. The highest BCUT2D eigenvalue weighted by Gasteiger charge is 2.32. The number of ether oxygens (including phenoxy) is 1. The molecule has 0 saturated carbocycles. The fourth-order valence-corrected chi connectivity index (χ4v) is 3.19. The van der Waals surface area contributed by atoms with Crippen molar-refractivity contribution in [3.63, 3.8) is 0 Å². The number of benzene rings is 1. The second-order valence-corrected chi connectivity index (χ2v) is 5.21. The van der Waals surface area contributed by atoms with Gasteiger partial charge >= 0.3 is 0 Å². The Kier molecular flexibility index (Phi) is 2.59. The molecule has 2 aliphatic rings. The summed E-state index contributed by atoms with van der Waals surface area (Å²) in [7, 11) is 0. The number of carbonyl (C=O) groups is 2. The molecule has 0 amide bonds. The number of carbonyl (C=O) groups excluding carboxylic acids is 2. The average Bonchev–Trinajstić information content (AvgIpc) is 2.90. The minimum absolute atomic E-state index is 0.151. The Morgan fingerprint density at radius 1 is 1.17 bits per heavy atom. The molecule has 0 bridgehead atoms. The summed E-state index contributed by atoms with van der Waals surface area (Å²) in [5.74, 6) is 0.370. The van der Waals surface area contributed by atoms with E-state index in [0.717, 1.165) is 39.8 Å². The van der Waals surface area contributed by atoms with Crippen molar-refractivity contribution >= 4 is 11.6 Å². The monoisotopic (exact) mass is 244 g/mol. The van der Waals surface area contributed by atoms with Gasteiger partial charge in [-0.2, -0.15) is 0 Å². The lowest BCUT2D eigenvalue weighted by atomic mass is 9.87. The highest BCUT2D eigenvalue weighted by atomic mass is 16.5. The number of fused-ring (bicyclic) bond motifs is 3. The van der Waals surface area contributed by atoms with Gasteiger partial charge in [0.2, 0.25) is 0 Å². The van der Waals surface area contributed by atoms with Crippen molar-refractivity contribution in [3.05, 3.63) is 33.4 Å². The summed E-state index contributed by atoms with van der Waals surface area (Å²) < 4.78 is 5.49. The van der Waals surface area contributed by atoms with Crippen LogP contribution >= 0.6 is 0 Å². The molecule has 0 fully saturated rings. The van der Waals surface area contributed by atoms with Gasteiger partial charge < -0.3 is 4.74 Å². The normalized spacial score (nSPS) is 16.9. The van der Waals surface area contributed by atoms with Crippen LogP contribution in [-0.4, -0.2) is 11.6 Å². The van der Waals surface area contributed by atoms with Crippen LogP contribution in [0.1, 0.15) is 51.5 Å². The maximum Gasteiger partial charge on any atom is 0.163 e. The zero-order valence-corrected chi connectivity index (χ0v) is 10.8. The molecule has 1 aromatic rings. The first kappa shape index (κ1) is 11.6.